The summed E-state index contributed by atoms with van der Waals surface area (Å²) in [6.45, 7) is 4.81. The zero-order chi connectivity index (χ0) is 32.7. The minimum atomic E-state index is -0.145. The fourth-order valence-electron chi connectivity index (χ4n) is 8.90. The quantitative estimate of drug-likeness (QED) is 0.172. The topological polar surface area (TPSA) is 0 Å². The molecule has 49 heavy (non-hydrogen) atoms. The fourth-order valence-corrected chi connectivity index (χ4v) is 8.90. The third-order valence-electron chi connectivity index (χ3n) is 11.0. The molecule has 0 fully saturated rings. The minimum Gasteiger partial charge on any atom is -0.0622 e. The maximum Gasteiger partial charge on any atom is 0.0165 e. The monoisotopic (exact) mass is 622 g/mol. The van der Waals surface area contributed by atoms with E-state index in [-0.39, 0.29) is 5.41 Å². The second-order valence-corrected chi connectivity index (χ2v) is 14.0. The lowest BCUT2D eigenvalue weighted by Gasteiger charge is -2.26. The summed E-state index contributed by atoms with van der Waals surface area (Å²) in [5, 5.41) is 10.2. The Morgan fingerprint density at radius 1 is 0.327 bits per heavy atom. The molecule has 0 bridgehead atoms. The lowest BCUT2D eigenvalue weighted by molar-refractivity contribution is 0.663. The Morgan fingerprint density at radius 3 is 1.51 bits per heavy atom. The molecule has 0 nitrogen and oxygen atoms in total. The first-order valence-corrected chi connectivity index (χ1v) is 17.3. The van der Waals surface area contributed by atoms with E-state index in [4.69, 9.17) is 0 Å². The summed E-state index contributed by atoms with van der Waals surface area (Å²) in [5.41, 5.74) is 13.1. The summed E-state index contributed by atoms with van der Waals surface area (Å²) in [5.74, 6) is 0. The molecule has 0 saturated heterocycles. The summed E-state index contributed by atoms with van der Waals surface area (Å²) in [7, 11) is 0. The van der Waals surface area contributed by atoms with Crippen molar-refractivity contribution in [2.24, 2.45) is 0 Å². The maximum atomic E-state index is 2.50. The Labute approximate surface area is 286 Å². The average Bonchev–Trinajstić information content (AvgIpc) is 3.38. The van der Waals surface area contributed by atoms with Crippen molar-refractivity contribution in [2.45, 2.75) is 19.3 Å². The van der Waals surface area contributed by atoms with Crippen LogP contribution in [0.4, 0.5) is 0 Å². The minimum absolute atomic E-state index is 0.145. The van der Waals surface area contributed by atoms with Gasteiger partial charge in [-0.05, 0) is 117 Å². The molecule has 0 aromatic heterocycles. The predicted octanol–water partition coefficient (Wildman–Crippen LogP) is 13.6. The fraction of sp³-hybridized carbons (Fsp3) is 0.0612. The molecule has 0 unspecified atom stereocenters. The zero-order valence-electron chi connectivity index (χ0n) is 27.7. The molecule has 0 amide bonds. The molecule has 10 rings (SSSR count). The van der Waals surface area contributed by atoms with Gasteiger partial charge in [-0.2, -0.15) is 0 Å². The van der Waals surface area contributed by atoms with E-state index < -0.39 is 0 Å². The van der Waals surface area contributed by atoms with Crippen LogP contribution in [0.1, 0.15) is 25.0 Å². The highest BCUT2D eigenvalue weighted by atomic mass is 14.4. The summed E-state index contributed by atoms with van der Waals surface area (Å²) >= 11 is 0. The summed E-state index contributed by atoms with van der Waals surface area (Å²) in [6.07, 6.45) is 0. The second-order valence-electron chi connectivity index (χ2n) is 14.0. The van der Waals surface area contributed by atoms with Crippen LogP contribution in [0, 0.1) is 0 Å². The van der Waals surface area contributed by atoms with E-state index in [1.165, 1.54) is 98.7 Å². The third kappa shape index (κ3) is 4.04. The zero-order valence-corrected chi connectivity index (χ0v) is 27.7. The molecule has 9 aromatic rings. The molecule has 0 atom stereocenters. The van der Waals surface area contributed by atoms with Crippen LogP contribution in [-0.2, 0) is 5.41 Å². The molecule has 1 aliphatic rings. The van der Waals surface area contributed by atoms with Crippen molar-refractivity contribution in [2.75, 3.05) is 0 Å². The molecule has 0 saturated carbocycles. The second kappa shape index (κ2) is 10.5. The molecule has 230 valence electrons. The smallest absolute Gasteiger partial charge is 0.0165 e. The Morgan fingerprint density at radius 2 is 0.837 bits per heavy atom. The summed E-state index contributed by atoms with van der Waals surface area (Å²) in [6, 6.07) is 63.1. The summed E-state index contributed by atoms with van der Waals surface area (Å²) < 4.78 is 0. The number of fused-ring (bicyclic) bond motifs is 7. The van der Waals surface area contributed by atoms with Crippen LogP contribution in [0.2, 0.25) is 0 Å². The third-order valence-corrected chi connectivity index (χ3v) is 11.0. The van der Waals surface area contributed by atoms with Crippen LogP contribution in [0.25, 0.3) is 87.6 Å². The van der Waals surface area contributed by atoms with Gasteiger partial charge in [-0.3, -0.25) is 0 Å². The van der Waals surface area contributed by atoms with Crippen molar-refractivity contribution >= 4 is 43.1 Å². The van der Waals surface area contributed by atoms with Crippen molar-refractivity contribution in [1.82, 2.24) is 0 Å². The maximum absolute atomic E-state index is 2.50. The van der Waals surface area contributed by atoms with E-state index >= 15 is 0 Å². The lowest BCUT2D eigenvalue weighted by atomic mass is 9.76. The Kier molecular flexibility index (Phi) is 6.02. The number of hydrogen-bond donors (Lipinski definition) is 0. The molecule has 0 radical (unpaired) electrons. The van der Waals surface area contributed by atoms with Crippen LogP contribution in [0.3, 0.4) is 0 Å². The first-order chi connectivity index (χ1) is 24.1. The first-order valence-electron chi connectivity index (χ1n) is 17.3. The lowest BCUT2D eigenvalue weighted by Crippen LogP contribution is -2.16. The predicted molar refractivity (Wildman–Crippen MR) is 210 cm³/mol. The van der Waals surface area contributed by atoms with Crippen molar-refractivity contribution in [3.8, 4) is 44.5 Å². The van der Waals surface area contributed by atoms with Gasteiger partial charge in [0.25, 0.3) is 0 Å². The largest absolute Gasteiger partial charge is 0.0622 e. The van der Waals surface area contributed by atoms with Gasteiger partial charge in [-0.15, -0.1) is 0 Å². The molecule has 0 spiro atoms. The Bertz CT molecular complexity index is 2720. The molecular weight excluding hydrogens is 589 g/mol. The van der Waals surface area contributed by atoms with Gasteiger partial charge in [0.1, 0.15) is 0 Å². The van der Waals surface area contributed by atoms with Crippen LogP contribution < -0.4 is 0 Å². The molecule has 0 N–H and O–H groups in total. The van der Waals surface area contributed by atoms with Crippen molar-refractivity contribution < 1.29 is 0 Å². The van der Waals surface area contributed by atoms with Gasteiger partial charge >= 0.3 is 0 Å². The average molecular weight is 623 g/mol. The van der Waals surface area contributed by atoms with Crippen LogP contribution >= 0.6 is 0 Å². The summed E-state index contributed by atoms with van der Waals surface area (Å²) in [4.78, 5) is 0. The van der Waals surface area contributed by atoms with Gasteiger partial charge in [0.05, 0.1) is 0 Å². The van der Waals surface area contributed by atoms with Crippen LogP contribution in [0.5, 0.6) is 0 Å². The van der Waals surface area contributed by atoms with E-state index in [0.717, 1.165) is 0 Å². The molecule has 0 aliphatic heterocycles. The Hall–Kier alpha value is -5.98. The van der Waals surface area contributed by atoms with Gasteiger partial charge in [0.2, 0.25) is 0 Å². The van der Waals surface area contributed by atoms with Crippen molar-refractivity contribution in [1.29, 1.82) is 0 Å². The SMILES string of the molecule is CC1(C)c2ccccc2-c2cc3ccccc3c(-c3cc(-c4c5ccccc5c(-c5ccccc5)c5ccccc45)c4ccccc4c3)c21. The van der Waals surface area contributed by atoms with E-state index in [2.05, 4.69) is 184 Å². The highest BCUT2D eigenvalue weighted by molar-refractivity contribution is 6.24. The van der Waals surface area contributed by atoms with E-state index in [9.17, 15) is 0 Å². The van der Waals surface area contributed by atoms with Gasteiger partial charge in [-0.25, -0.2) is 0 Å². The highest BCUT2D eigenvalue weighted by Gasteiger charge is 2.38. The molecule has 0 heteroatoms. The molecule has 1 aliphatic carbocycles. The first kappa shape index (κ1) is 28.1. The van der Waals surface area contributed by atoms with E-state index in [1.54, 1.807) is 0 Å². The van der Waals surface area contributed by atoms with Crippen LogP contribution in [0.15, 0.2) is 170 Å². The van der Waals surface area contributed by atoms with Gasteiger partial charge in [0, 0.05) is 5.41 Å². The standard InChI is InChI=1S/C49H34/c1-49(2)44-27-15-14-22-37(44)43-29-33-19-7-9-21-36(33)46(48(43)49)34-28-32-18-6-8-20-35(32)42(30-34)47-40-25-12-10-23-38(40)45(31-16-4-3-5-17-31)39-24-11-13-26-41(39)47/h3-30H,1-2H3. The molecular formula is C49H34. The van der Waals surface area contributed by atoms with Gasteiger partial charge in [-0.1, -0.05) is 166 Å². The normalized spacial score (nSPS) is 13.3. The van der Waals surface area contributed by atoms with Crippen molar-refractivity contribution in [3.63, 3.8) is 0 Å². The van der Waals surface area contributed by atoms with E-state index in [0.29, 0.717) is 0 Å². The number of hydrogen-bond acceptors (Lipinski definition) is 0. The van der Waals surface area contributed by atoms with Gasteiger partial charge < -0.3 is 0 Å². The Balaban J connectivity index is 1.36. The van der Waals surface area contributed by atoms with Gasteiger partial charge in [0.15, 0.2) is 0 Å². The highest BCUT2D eigenvalue weighted by Crippen LogP contribution is 2.55. The van der Waals surface area contributed by atoms with Crippen LogP contribution in [-0.4, -0.2) is 0 Å². The number of benzene rings is 9. The van der Waals surface area contributed by atoms with E-state index in [1.807, 2.05) is 0 Å². The molecule has 9 aromatic carbocycles. The van der Waals surface area contributed by atoms with Crippen molar-refractivity contribution in [3.05, 3.63) is 181 Å². The number of rotatable bonds is 3. The molecule has 0 heterocycles.